The first kappa shape index (κ1) is 15.1. The molecule has 4 N–H and O–H groups in total. The van der Waals surface area contributed by atoms with Crippen molar-refractivity contribution in [2.45, 2.75) is 31.5 Å². The second kappa shape index (κ2) is 6.13. The van der Waals surface area contributed by atoms with Crippen molar-refractivity contribution >= 4 is 17.6 Å². The number of nitrogens with zero attached hydrogens (tertiary/aromatic N) is 3. The van der Waals surface area contributed by atoms with Crippen molar-refractivity contribution in [3.05, 3.63) is 0 Å². The van der Waals surface area contributed by atoms with E-state index >= 15 is 0 Å². The van der Waals surface area contributed by atoms with Crippen LogP contribution >= 0.6 is 0 Å². The molecule has 3 rings (SSSR count). The average molecular weight is 308 g/mol. The molecule has 122 valence electrons. The number of likely N-dealkylation sites (N-methyl/N-ethyl adjacent to an activating group) is 1. The third-order valence-electron chi connectivity index (χ3n) is 4.43. The van der Waals surface area contributed by atoms with E-state index in [1.165, 1.54) is 0 Å². The summed E-state index contributed by atoms with van der Waals surface area (Å²) in [7, 11) is 3.66. The normalized spacial score (nSPS) is 25.3. The molecule has 3 heterocycles. The van der Waals surface area contributed by atoms with Gasteiger partial charge in [0, 0.05) is 26.2 Å². The van der Waals surface area contributed by atoms with Crippen LogP contribution in [0, 0.1) is 0 Å². The molecule has 0 bridgehead atoms. The maximum atomic E-state index is 5.94. The summed E-state index contributed by atoms with van der Waals surface area (Å²) in [5, 5.41) is 6.65. The van der Waals surface area contributed by atoms with Gasteiger partial charge in [-0.2, -0.15) is 9.97 Å². The van der Waals surface area contributed by atoms with Crippen molar-refractivity contribution in [2.75, 3.05) is 49.8 Å². The van der Waals surface area contributed by atoms with Gasteiger partial charge in [-0.3, -0.25) is 0 Å². The Morgan fingerprint density at radius 2 is 2.32 bits per heavy atom. The highest BCUT2D eigenvalue weighted by molar-refractivity contribution is 5.69. The van der Waals surface area contributed by atoms with Gasteiger partial charge in [-0.25, -0.2) is 0 Å². The van der Waals surface area contributed by atoms with Gasteiger partial charge in [0.1, 0.15) is 6.61 Å². The van der Waals surface area contributed by atoms with Gasteiger partial charge in [0.2, 0.25) is 11.7 Å². The van der Waals surface area contributed by atoms with Crippen molar-refractivity contribution in [1.29, 1.82) is 0 Å². The Hall–Kier alpha value is -1.80. The highest BCUT2D eigenvalue weighted by atomic mass is 16.5. The number of nitrogens with one attached hydrogen (secondary N) is 2. The molecular weight excluding hydrogens is 284 g/mol. The molecule has 2 aliphatic heterocycles. The SMILES string of the molecule is CN[C@@H]1CCN(c2nc(N)nc3c2OC[C@@H]([C@@H](C)OC)N3)C1. The number of ether oxygens (including phenoxy) is 2. The summed E-state index contributed by atoms with van der Waals surface area (Å²) in [5.41, 5.74) is 5.88. The average Bonchev–Trinajstić information content (AvgIpc) is 3.01. The molecule has 3 atom stereocenters. The lowest BCUT2D eigenvalue weighted by Crippen LogP contribution is -2.42. The van der Waals surface area contributed by atoms with Crippen LogP contribution in [0.4, 0.5) is 17.6 Å². The van der Waals surface area contributed by atoms with E-state index in [-0.39, 0.29) is 18.1 Å². The summed E-state index contributed by atoms with van der Waals surface area (Å²) < 4.78 is 11.3. The minimum atomic E-state index is 0.0215. The second-order valence-corrected chi connectivity index (χ2v) is 5.81. The summed E-state index contributed by atoms with van der Waals surface area (Å²) in [6.07, 6.45) is 1.10. The molecule has 1 aromatic rings. The Bertz CT molecular complexity index is 540. The fourth-order valence-electron chi connectivity index (χ4n) is 2.90. The van der Waals surface area contributed by atoms with Crippen LogP contribution in [0.15, 0.2) is 0 Å². The fraction of sp³-hybridized carbons (Fsp3) is 0.714. The lowest BCUT2D eigenvalue weighted by atomic mass is 10.1. The van der Waals surface area contributed by atoms with Crippen LogP contribution in [-0.2, 0) is 4.74 Å². The van der Waals surface area contributed by atoms with E-state index in [2.05, 4.69) is 25.5 Å². The molecule has 0 unspecified atom stereocenters. The van der Waals surface area contributed by atoms with Gasteiger partial charge in [-0.05, 0) is 20.4 Å². The zero-order valence-corrected chi connectivity index (χ0v) is 13.3. The van der Waals surface area contributed by atoms with Crippen molar-refractivity contribution in [3.8, 4) is 5.75 Å². The molecule has 8 heteroatoms. The van der Waals surface area contributed by atoms with Gasteiger partial charge in [0.05, 0.1) is 12.1 Å². The van der Waals surface area contributed by atoms with E-state index in [0.29, 0.717) is 24.2 Å². The summed E-state index contributed by atoms with van der Waals surface area (Å²) in [5.74, 6) is 2.36. The lowest BCUT2D eigenvalue weighted by Gasteiger charge is -2.32. The van der Waals surface area contributed by atoms with Crippen LogP contribution in [-0.4, -0.2) is 62.0 Å². The fourth-order valence-corrected chi connectivity index (χ4v) is 2.90. The van der Waals surface area contributed by atoms with Crippen molar-refractivity contribution in [3.63, 3.8) is 0 Å². The molecular formula is C14H24N6O2. The first-order chi connectivity index (χ1) is 10.6. The van der Waals surface area contributed by atoms with Gasteiger partial charge in [0.15, 0.2) is 11.6 Å². The van der Waals surface area contributed by atoms with Gasteiger partial charge >= 0.3 is 0 Å². The summed E-state index contributed by atoms with van der Waals surface area (Å²) in [4.78, 5) is 10.9. The van der Waals surface area contributed by atoms with Gasteiger partial charge < -0.3 is 30.7 Å². The Morgan fingerprint density at radius 3 is 3.00 bits per heavy atom. The van der Waals surface area contributed by atoms with E-state index in [4.69, 9.17) is 15.2 Å². The van der Waals surface area contributed by atoms with E-state index in [1.54, 1.807) is 7.11 Å². The summed E-state index contributed by atoms with van der Waals surface area (Å²) >= 11 is 0. The van der Waals surface area contributed by atoms with Gasteiger partial charge in [-0.1, -0.05) is 0 Å². The molecule has 22 heavy (non-hydrogen) atoms. The van der Waals surface area contributed by atoms with E-state index in [9.17, 15) is 0 Å². The Labute approximate surface area is 130 Å². The molecule has 0 amide bonds. The highest BCUT2D eigenvalue weighted by Gasteiger charge is 2.32. The Morgan fingerprint density at radius 1 is 1.50 bits per heavy atom. The van der Waals surface area contributed by atoms with Crippen LogP contribution in [0.2, 0.25) is 0 Å². The van der Waals surface area contributed by atoms with E-state index in [1.807, 2.05) is 14.0 Å². The Balaban J connectivity index is 1.86. The first-order valence-electron chi connectivity index (χ1n) is 7.64. The Kier molecular flexibility index (Phi) is 4.21. The van der Waals surface area contributed by atoms with Crippen molar-refractivity contribution < 1.29 is 9.47 Å². The molecule has 1 fully saturated rings. The quantitative estimate of drug-likeness (QED) is 0.719. The summed E-state index contributed by atoms with van der Waals surface area (Å²) in [6, 6.07) is 0.507. The lowest BCUT2D eigenvalue weighted by molar-refractivity contribution is 0.0804. The molecule has 0 saturated carbocycles. The van der Waals surface area contributed by atoms with Crippen molar-refractivity contribution in [1.82, 2.24) is 15.3 Å². The number of aromatic nitrogens is 2. The van der Waals surface area contributed by atoms with Crippen LogP contribution in [0.5, 0.6) is 5.75 Å². The number of anilines is 3. The maximum Gasteiger partial charge on any atom is 0.224 e. The number of methoxy groups -OCH3 is 1. The molecule has 8 nitrogen and oxygen atoms in total. The number of hydrogen-bond donors (Lipinski definition) is 3. The van der Waals surface area contributed by atoms with Crippen LogP contribution < -0.4 is 26.0 Å². The van der Waals surface area contributed by atoms with Crippen molar-refractivity contribution in [2.24, 2.45) is 0 Å². The van der Waals surface area contributed by atoms with Crippen LogP contribution in [0.3, 0.4) is 0 Å². The monoisotopic (exact) mass is 308 g/mol. The van der Waals surface area contributed by atoms with Crippen LogP contribution in [0.1, 0.15) is 13.3 Å². The minimum Gasteiger partial charge on any atom is -0.484 e. The van der Waals surface area contributed by atoms with Crippen LogP contribution in [0.25, 0.3) is 0 Å². The molecule has 0 spiro atoms. The molecule has 1 aromatic heterocycles. The number of rotatable bonds is 4. The molecule has 2 aliphatic rings. The topological polar surface area (TPSA) is 97.6 Å². The number of nitrogen functional groups attached to an aromatic ring is 1. The zero-order valence-electron chi connectivity index (χ0n) is 13.3. The predicted molar refractivity (Wildman–Crippen MR) is 85.5 cm³/mol. The molecule has 1 saturated heterocycles. The highest BCUT2D eigenvalue weighted by Crippen LogP contribution is 2.38. The minimum absolute atomic E-state index is 0.0215. The molecule has 0 radical (unpaired) electrons. The maximum absolute atomic E-state index is 5.94. The van der Waals surface area contributed by atoms with E-state index in [0.717, 1.165) is 25.3 Å². The third kappa shape index (κ3) is 2.76. The number of hydrogen-bond acceptors (Lipinski definition) is 8. The summed E-state index contributed by atoms with van der Waals surface area (Å²) in [6.45, 7) is 4.33. The number of fused-ring (bicyclic) bond motifs is 1. The first-order valence-corrected chi connectivity index (χ1v) is 7.64. The predicted octanol–water partition coefficient (Wildman–Crippen LogP) is 0.0647. The largest absolute Gasteiger partial charge is 0.484 e. The molecule has 0 aliphatic carbocycles. The van der Waals surface area contributed by atoms with Gasteiger partial charge in [-0.15, -0.1) is 0 Å². The standard InChI is InChI=1S/C14H24N6O2/c1-8(21-3)10-7-22-11-12(17-10)18-14(15)19-13(11)20-5-4-9(6-20)16-2/h8-10,16H,4-7H2,1-3H3,(H3,15,17,18,19)/t8-,9-,10+/m1/s1. The van der Waals surface area contributed by atoms with Gasteiger partial charge in [0.25, 0.3) is 0 Å². The number of nitrogens with two attached hydrogens (primary N) is 1. The second-order valence-electron chi connectivity index (χ2n) is 5.81. The zero-order chi connectivity index (χ0) is 15.7. The smallest absolute Gasteiger partial charge is 0.224 e. The van der Waals surface area contributed by atoms with E-state index < -0.39 is 0 Å². The third-order valence-corrected chi connectivity index (χ3v) is 4.43. The molecule has 0 aromatic carbocycles.